The Morgan fingerprint density at radius 1 is 1.19 bits per heavy atom. The zero-order chi connectivity index (χ0) is 19.3. The smallest absolute Gasteiger partial charge is 0.349 e. The Kier molecular flexibility index (Phi) is 4.36. The van der Waals surface area contributed by atoms with Crippen LogP contribution in [-0.2, 0) is 0 Å². The number of fused-ring (bicyclic) bond motifs is 1. The minimum absolute atomic E-state index is 0.0749. The van der Waals surface area contributed by atoms with Gasteiger partial charge in [-0.25, -0.2) is 4.79 Å². The average Bonchev–Trinajstić information content (AvgIpc) is 3.06. The lowest BCUT2D eigenvalue weighted by molar-refractivity contribution is 0.466. The summed E-state index contributed by atoms with van der Waals surface area (Å²) >= 11 is 12.2. The number of rotatable bonds is 2. The van der Waals surface area contributed by atoms with Crippen LogP contribution < -0.4 is 11.1 Å². The molecule has 0 spiro atoms. The van der Waals surface area contributed by atoms with Crippen LogP contribution in [0.25, 0.3) is 11.0 Å². The zero-order valence-corrected chi connectivity index (χ0v) is 16.1. The fraction of sp³-hybridized carbons (Fsp3) is 0.200. The number of nitrogens with one attached hydrogen (secondary N) is 1. The molecule has 2 N–H and O–H groups in total. The molecule has 1 aliphatic heterocycles. The van der Waals surface area contributed by atoms with E-state index in [0.717, 1.165) is 16.7 Å². The van der Waals surface area contributed by atoms with Crippen molar-refractivity contribution >= 4 is 39.9 Å². The molecule has 1 atom stereocenters. The molecule has 0 saturated carbocycles. The Bertz CT molecular complexity index is 1170. The van der Waals surface area contributed by atoms with E-state index < -0.39 is 5.63 Å². The van der Waals surface area contributed by atoms with Crippen molar-refractivity contribution in [1.82, 2.24) is 5.43 Å². The molecule has 0 amide bonds. The standard InChI is InChI=1S/C20H16Cl2N2O3/c1-9-5-13-17(6-10(9)2)27-20(26)18(19(13)25)16-8-15(23-24-16)12-4-3-11(21)7-14(12)22/h3-7,15,23,25H,8H2,1-2H3. The summed E-state index contributed by atoms with van der Waals surface area (Å²) in [7, 11) is 0. The van der Waals surface area contributed by atoms with Crippen molar-refractivity contribution in [3.05, 3.63) is 73.1 Å². The number of aryl methyl sites for hydroxylation is 2. The number of halogens is 2. The molecule has 2 heterocycles. The van der Waals surface area contributed by atoms with E-state index in [-0.39, 0.29) is 17.4 Å². The lowest BCUT2D eigenvalue weighted by Gasteiger charge is -2.12. The van der Waals surface area contributed by atoms with Crippen LogP contribution in [0.5, 0.6) is 5.75 Å². The first-order chi connectivity index (χ1) is 12.8. The summed E-state index contributed by atoms with van der Waals surface area (Å²) < 4.78 is 5.43. The van der Waals surface area contributed by atoms with Crippen molar-refractivity contribution in [2.75, 3.05) is 0 Å². The summed E-state index contributed by atoms with van der Waals surface area (Å²) in [4.78, 5) is 12.5. The molecule has 3 aromatic rings. The van der Waals surface area contributed by atoms with Gasteiger partial charge in [-0.3, -0.25) is 0 Å². The maximum Gasteiger partial charge on any atom is 0.349 e. The van der Waals surface area contributed by atoms with E-state index in [1.165, 1.54) is 0 Å². The highest BCUT2D eigenvalue weighted by Crippen LogP contribution is 2.34. The van der Waals surface area contributed by atoms with Crippen molar-refractivity contribution in [3.8, 4) is 5.75 Å². The van der Waals surface area contributed by atoms with Gasteiger partial charge >= 0.3 is 5.63 Å². The Labute approximate surface area is 165 Å². The molecule has 0 fully saturated rings. The fourth-order valence-corrected chi connectivity index (χ4v) is 3.80. The lowest BCUT2D eigenvalue weighted by Crippen LogP contribution is -2.15. The van der Waals surface area contributed by atoms with Gasteiger partial charge in [-0.2, -0.15) is 5.10 Å². The second-order valence-electron chi connectivity index (χ2n) is 6.66. The normalized spacial score (nSPS) is 16.4. The molecule has 1 unspecified atom stereocenters. The first-order valence-electron chi connectivity index (χ1n) is 8.39. The van der Waals surface area contributed by atoms with E-state index in [4.69, 9.17) is 27.6 Å². The number of hydrogen-bond donors (Lipinski definition) is 2. The molecule has 1 aliphatic rings. The highest BCUT2D eigenvalue weighted by molar-refractivity contribution is 6.35. The van der Waals surface area contributed by atoms with Crippen molar-refractivity contribution in [3.63, 3.8) is 0 Å². The van der Waals surface area contributed by atoms with Crippen LogP contribution in [0, 0.1) is 13.8 Å². The largest absolute Gasteiger partial charge is 0.506 e. The Hall–Kier alpha value is -2.50. The van der Waals surface area contributed by atoms with Crippen LogP contribution >= 0.6 is 23.2 Å². The number of hydrogen-bond acceptors (Lipinski definition) is 5. The van der Waals surface area contributed by atoms with E-state index in [0.29, 0.717) is 33.1 Å². The van der Waals surface area contributed by atoms with E-state index >= 15 is 0 Å². The predicted molar refractivity (Wildman–Crippen MR) is 107 cm³/mol. The molecule has 7 heteroatoms. The summed E-state index contributed by atoms with van der Waals surface area (Å²) in [6.07, 6.45) is 0.385. The van der Waals surface area contributed by atoms with Crippen molar-refractivity contribution in [2.45, 2.75) is 26.3 Å². The van der Waals surface area contributed by atoms with E-state index in [2.05, 4.69) is 10.5 Å². The molecule has 4 rings (SSSR count). The topological polar surface area (TPSA) is 74.8 Å². The maximum atomic E-state index is 12.5. The molecule has 0 radical (unpaired) electrons. The van der Waals surface area contributed by atoms with Crippen LogP contribution in [0.1, 0.15) is 34.7 Å². The van der Waals surface area contributed by atoms with Gasteiger partial charge in [0.2, 0.25) is 0 Å². The van der Waals surface area contributed by atoms with Gasteiger partial charge in [0.1, 0.15) is 16.9 Å². The molecule has 0 saturated heterocycles. The van der Waals surface area contributed by atoms with Gasteiger partial charge in [0.25, 0.3) is 0 Å². The number of nitrogens with zero attached hydrogens (tertiary/aromatic N) is 1. The van der Waals surface area contributed by atoms with Crippen LogP contribution in [0.4, 0.5) is 0 Å². The molecule has 5 nitrogen and oxygen atoms in total. The van der Waals surface area contributed by atoms with Gasteiger partial charge in [-0.05, 0) is 54.8 Å². The van der Waals surface area contributed by atoms with E-state index in [9.17, 15) is 9.90 Å². The SMILES string of the molecule is Cc1cc2oc(=O)c(C3=NNC(c4ccc(Cl)cc4Cl)C3)c(O)c2cc1C. The lowest BCUT2D eigenvalue weighted by atomic mass is 9.98. The molecule has 138 valence electrons. The molecular formula is C20H16Cl2N2O3. The third-order valence-corrected chi connectivity index (χ3v) is 5.44. The van der Waals surface area contributed by atoms with Crippen molar-refractivity contribution in [2.24, 2.45) is 5.10 Å². The van der Waals surface area contributed by atoms with Gasteiger partial charge in [-0.1, -0.05) is 29.3 Å². The van der Waals surface area contributed by atoms with Gasteiger partial charge in [0, 0.05) is 16.5 Å². The summed E-state index contributed by atoms with van der Waals surface area (Å²) in [5.41, 5.74) is 6.01. The molecule has 0 aliphatic carbocycles. The molecular weight excluding hydrogens is 387 g/mol. The average molecular weight is 403 g/mol. The third-order valence-electron chi connectivity index (χ3n) is 4.87. The third kappa shape index (κ3) is 3.07. The molecule has 0 bridgehead atoms. The predicted octanol–water partition coefficient (Wildman–Crippen LogP) is 4.86. The summed E-state index contributed by atoms with van der Waals surface area (Å²) in [6, 6.07) is 8.55. The monoisotopic (exact) mass is 402 g/mol. The minimum atomic E-state index is -0.619. The highest BCUT2D eigenvalue weighted by atomic mass is 35.5. The number of benzene rings is 2. The maximum absolute atomic E-state index is 12.5. The second kappa shape index (κ2) is 6.59. The minimum Gasteiger partial charge on any atom is -0.506 e. The first-order valence-corrected chi connectivity index (χ1v) is 9.15. The van der Waals surface area contributed by atoms with E-state index in [1.807, 2.05) is 26.0 Å². The summed E-state index contributed by atoms with van der Waals surface area (Å²) in [5.74, 6) is -0.118. The van der Waals surface area contributed by atoms with Gasteiger partial charge < -0.3 is 14.9 Å². The molecule has 27 heavy (non-hydrogen) atoms. The van der Waals surface area contributed by atoms with Crippen LogP contribution in [-0.4, -0.2) is 10.8 Å². The highest BCUT2D eigenvalue weighted by Gasteiger charge is 2.28. The summed E-state index contributed by atoms with van der Waals surface area (Å²) in [5, 5.41) is 16.5. The first kappa shape index (κ1) is 17.9. The van der Waals surface area contributed by atoms with Crippen LogP contribution in [0.2, 0.25) is 10.0 Å². The Morgan fingerprint density at radius 2 is 1.93 bits per heavy atom. The van der Waals surface area contributed by atoms with Gasteiger partial charge in [0.05, 0.1) is 17.1 Å². The Morgan fingerprint density at radius 3 is 2.67 bits per heavy atom. The fourth-order valence-electron chi connectivity index (χ4n) is 3.26. The van der Waals surface area contributed by atoms with Crippen LogP contribution in [0.3, 0.4) is 0 Å². The van der Waals surface area contributed by atoms with Crippen molar-refractivity contribution in [1.29, 1.82) is 0 Å². The van der Waals surface area contributed by atoms with Gasteiger partial charge in [-0.15, -0.1) is 0 Å². The number of aromatic hydroxyl groups is 1. The molecule has 1 aromatic heterocycles. The zero-order valence-electron chi connectivity index (χ0n) is 14.6. The van der Waals surface area contributed by atoms with Crippen molar-refractivity contribution < 1.29 is 9.52 Å². The van der Waals surface area contributed by atoms with Crippen LogP contribution in [0.15, 0.2) is 44.6 Å². The summed E-state index contributed by atoms with van der Waals surface area (Å²) in [6.45, 7) is 3.86. The quantitative estimate of drug-likeness (QED) is 0.600. The molecule has 2 aromatic carbocycles. The Balaban J connectivity index is 1.75. The second-order valence-corrected chi connectivity index (χ2v) is 7.50. The van der Waals surface area contributed by atoms with E-state index in [1.54, 1.807) is 18.2 Å². The van der Waals surface area contributed by atoms with Gasteiger partial charge in [0.15, 0.2) is 0 Å². The number of hydrazone groups is 1.